The maximum atomic E-state index is 13.1. The summed E-state index contributed by atoms with van der Waals surface area (Å²) in [4.78, 5) is 46.9. The Kier molecular flexibility index (Phi) is 10.4. The summed E-state index contributed by atoms with van der Waals surface area (Å²) in [6.07, 6.45) is 6.88. The third-order valence-electron chi connectivity index (χ3n) is 8.41. The van der Waals surface area contributed by atoms with E-state index in [1.54, 1.807) is 53.7 Å². The number of hydrogen-bond acceptors (Lipinski definition) is 7. The molecule has 2 amide bonds. The minimum absolute atomic E-state index is 0. The van der Waals surface area contributed by atoms with Crippen LogP contribution < -0.4 is 25.4 Å². The number of nitrogens with zero attached hydrogens (tertiary/aromatic N) is 4. The SMILES string of the molecule is CCN1C(=O)C(C)(C)C(=O)N(C)c2cc(OCCCNC(CCn3ccc4oc(C)cc4c3=O)c3cnccc3C)ccc21.Cl. The molecule has 45 heavy (non-hydrogen) atoms. The number of pyridine rings is 2. The van der Waals surface area contributed by atoms with Crippen molar-refractivity contribution in [1.29, 1.82) is 0 Å². The van der Waals surface area contributed by atoms with Crippen molar-refractivity contribution >= 4 is 46.6 Å². The summed E-state index contributed by atoms with van der Waals surface area (Å²) in [5, 5.41) is 4.23. The highest BCUT2D eigenvalue weighted by atomic mass is 35.5. The summed E-state index contributed by atoms with van der Waals surface area (Å²) in [7, 11) is 1.70. The van der Waals surface area contributed by atoms with E-state index >= 15 is 0 Å². The Hall–Kier alpha value is -4.15. The third kappa shape index (κ3) is 6.77. The lowest BCUT2D eigenvalue weighted by Gasteiger charge is -2.27. The van der Waals surface area contributed by atoms with E-state index in [1.807, 2.05) is 50.4 Å². The van der Waals surface area contributed by atoms with Gasteiger partial charge in [0, 0.05) is 50.8 Å². The summed E-state index contributed by atoms with van der Waals surface area (Å²) in [6, 6.07) is 11.1. The topological polar surface area (TPSA) is 110 Å². The van der Waals surface area contributed by atoms with Gasteiger partial charge in [-0.25, -0.2) is 0 Å². The van der Waals surface area contributed by atoms with E-state index in [0.29, 0.717) is 60.8 Å². The van der Waals surface area contributed by atoms with Gasteiger partial charge in [-0.3, -0.25) is 19.4 Å². The molecule has 1 atom stereocenters. The van der Waals surface area contributed by atoms with Crippen LogP contribution in [0.1, 0.15) is 56.5 Å². The number of carbonyl (C=O) groups is 2. The van der Waals surface area contributed by atoms with E-state index in [2.05, 4.69) is 17.2 Å². The quantitative estimate of drug-likeness (QED) is 0.169. The molecule has 0 spiro atoms. The Morgan fingerprint density at radius 1 is 1.04 bits per heavy atom. The van der Waals surface area contributed by atoms with Crippen molar-refractivity contribution in [3.63, 3.8) is 0 Å². The monoisotopic (exact) mass is 635 g/mol. The Morgan fingerprint density at radius 3 is 2.56 bits per heavy atom. The number of rotatable bonds is 11. The van der Waals surface area contributed by atoms with Crippen molar-refractivity contribution in [2.24, 2.45) is 5.41 Å². The molecule has 3 aromatic heterocycles. The number of aryl methyl sites for hydroxylation is 3. The maximum Gasteiger partial charge on any atom is 0.261 e. The van der Waals surface area contributed by atoms with Gasteiger partial charge >= 0.3 is 0 Å². The second-order valence-corrected chi connectivity index (χ2v) is 11.9. The van der Waals surface area contributed by atoms with Crippen LogP contribution in [0.2, 0.25) is 0 Å². The average Bonchev–Trinajstić information content (AvgIpc) is 3.39. The second kappa shape index (κ2) is 13.9. The maximum absolute atomic E-state index is 13.1. The van der Waals surface area contributed by atoms with Gasteiger partial charge in [-0.1, -0.05) is 0 Å². The zero-order valence-electron chi connectivity index (χ0n) is 26.8. The van der Waals surface area contributed by atoms with Crippen LogP contribution in [0.25, 0.3) is 11.0 Å². The number of furan rings is 1. The number of fused-ring (bicyclic) bond motifs is 2. The highest BCUT2D eigenvalue weighted by molar-refractivity contribution is 6.20. The van der Waals surface area contributed by atoms with Crippen molar-refractivity contribution < 1.29 is 18.7 Å². The molecule has 1 unspecified atom stereocenters. The Bertz CT molecular complexity index is 1750. The summed E-state index contributed by atoms with van der Waals surface area (Å²) in [5.74, 6) is 0.891. The molecule has 10 nitrogen and oxygen atoms in total. The highest BCUT2D eigenvalue weighted by Gasteiger charge is 2.45. The fourth-order valence-electron chi connectivity index (χ4n) is 5.87. The molecule has 4 aromatic rings. The van der Waals surface area contributed by atoms with Gasteiger partial charge in [0.25, 0.3) is 5.56 Å². The summed E-state index contributed by atoms with van der Waals surface area (Å²) >= 11 is 0. The zero-order chi connectivity index (χ0) is 31.6. The first-order valence-corrected chi connectivity index (χ1v) is 15.1. The van der Waals surface area contributed by atoms with Crippen molar-refractivity contribution in [3.05, 3.63) is 82.2 Å². The molecule has 1 N–H and O–H groups in total. The van der Waals surface area contributed by atoms with Crippen molar-refractivity contribution in [2.75, 3.05) is 36.5 Å². The first-order valence-electron chi connectivity index (χ1n) is 15.1. The van der Waals surface area contributed by atoms with Crippen LogP contribution in [0.5, 0.6) is 5.75 Å². The number of hydrogen-bond donors (Lipinski definition) is 1. The van der Waals surface area contributed by atoms with Crippen LogP contribution >= 0.6 is 12.4 Å². The predicted molar refractivity (Wildman–Crippen MR) is 179 cm³/mol. The number of aromatic nitrogens is 2. The zero-order valence-corrected chi connectivity index (χ0v) is 27.6. The average molecular weight is 636 g/mol. The normalized spacial score (nSPS) is 15.1. The third-order valence-corrected chi connectivity index (χ3v) is 8.41. The number of anilines is 2. The molecule has 1 aromatic carbocycles. The van der Waals surface area contributed by atoms with Crippen LogP contribution in [0.3, 0.4) is 0 Å². The lowest BCUT2D eigenvalue weighted by Crippen LogP contribution is -2.47. The van der Waals surface area contributed by atoms with Crippen LogP contribution in [-0.4, -0.2) is 48.1 Å². The van der Waals surface area contributed by atoms with Crippen molar-refractivity contribution in [2.45, 2.75) is 60.0 Å². The van der Waals surface area contributed by atoms with Crippen LogP contribution in [0.15, 0.2) is 64.2 Å². The largest absolute Gasteiger partial charge is 0.493 e. The molecule has 0 saturated heterocycles. The molecule has 4 heterocycles. The number of ether oxygens (including phenoxy) is 1. The predicted octanol–water partition coefficient (Wildman–Crippen LogP) is 5.57. The molecule has 0 fully saturated rings. The van der Waals surface area contributed by atoms with Gasteiger partial charge in [0.05, 0.1) is 23.4 Å². The molecule has 240 valence electrons. The first kappa shape index (κ1) is 33.7. The minimum atomic E-state index is -1.15. The summed E-state index contributed by atoms with van der Waals surface area (Å²) < 4.78 is 13.4. The van der Waals surface area contributed by atoms with Crippen molar-refractivity contribution in [3.8, 4) is 5.75 Å². The number of benzene rings is 1. The molecule has 5 rings (SSSR count). The van der Waals surface area contributed by atoms with Crippen LogP contribution in [-0.2, 0) is 16.1 Å². The molecular weight excluding hydrogens is 594 g/mol. The first-order chi connectivity index (χ1) is 21.0. The molecule has 0 radical (unpaired) electrons. The molecule has 0 aliphatic carbocycles. The summed E-state index contributed by atoms with van der Waals surface area (Å²) in [6.45, 7) is 11.3. The standard InChI is InChI=1S/C34H41N5O5.ClH/c1-7-39-28-10-9-24(20-29(28)37(6)32(41)34(4,5)33(39)42)43-18-8-14-36-27(26-21-35-15-11-22(26)2)12-16-38-17-13-30-25(31(38)40)19-23(3)44-30;/h9-11,13,15,17,19-21,27,36H,7-8,12,14,16,18H2,1-6H3;1H. The molecule has 1 aliphatic heterocycles. The number of amides is 2. The second-order valence-electron chi connectivity index (χ2n) is 11.9. The smallest absolute Gasteiger partial charge is 0.261 e. The summed E-state index contributed by atoms with van der Waals surface area (Å²) in [5.41, 5.74) is 2.97. The van der Waals surface area contributed by atoms with Gasteiger partial charge in [-0.05, 0) is 95.5 Å². The van der Waals surface area contributed by atoms with Crippen LogP contribution in [0, 0.1) is 19.3 Å². The molecule has 11 heteroatoms. The number of carbonyl (C=O) groups excluding carboxylic acids is 2. The van der Waals surface area contributed by atoms with Crippen LogP contribution in [0.4, 0.5) is 11.4 Å². The Morgan fingerprint density at radius 2 is 1.82 bits per heavy atom. The van der Waals surface area contributed by atoms with E-state index in [-0.39, 0.29) is 35.8 Å². The number of nitrogens with one attached hydrogen (secondary N) is 1. The molecule has 0 bridgehead atoms. The van der Waals surface area contributed by atoms with Crippen molar-refractivity contribution in [1.82, 2.24) is 14.9 Å². The van der Waals surface area contributed by atoms with Gasteiger partial charge in [0.1, 0.15) is 22.5 Å². The molecule has 1 aliphatic rings. The Balaban J connectivity index is 0.00000461. The fraction of sp³-hybridized carbons (Fsp3) is 0.412. The molecular formula is C34H42ClN5O5. The fourth-order valence-corrected chi connectivity index (χ4v) is 5.87. The lowest BCUT2D eigenvalue weighted by molar-refractivity contribution is -0.137. The van der Waals surface area contributed by atoms with Gasteiger partial charge in [0.2, 0.25) is 11.8 Å². The molecule has 0 saturated carbocycles. The highest BCUT2D eigenvalue weighted by Crippen LogP contribution is 2.40. The van der Waals surface area contributed by atoms with E-state index < -0.39 is 5.41 Å². The van der Waals surface area contributed by atoms with E-state index in [0.717, 1.165) is 23.3 Å². The number of halogens is 1. The lowest BCUT2D eigenvalue weighted by atomic mass is 9.90. The Labute approximate surface area is 269 Å². The van der Waals surface area contributed by atoms with Gasteiger partial charge in [-0.2, -0.15) is 0 Å². The van der Waals surface area contributed by atoms with E-state index in [1.165, 1.54) is 0 Å². The van der Waals surface area contributed by atoms with Gasteiger partial charge < -0.3 is 28.8 Å². The van der Waals surface area contributed by atoms with Gasteiger partial charge in [0.15, 0.2) is 0 Å². The van der Waals surface area contributed by atoms with E-state index in [4.69, 9.17) is 9.15 Å². The van der Waals surface area contributed by atoms with E-state index in [9.17, 15) is 14.4 Å². The van der Waals surface area contributed by atoms with Gasteiger partial charge in [-0.15, -0.1) is 12.4 Å². The minimum Gasteiger partial charge on any atom is -0.493 e.